The van der Waals surface area contributed by atoms with Gasteiger partial charge < -0.3 is 5.73 Å². The summed E-state index contributed by atoms with van der Waals surface area (Å²) in [4.78, 5) is 0.269. The number of hydrogen-bond donors (Lipinski definition) is 2. The Morgan fingerprint density at radius 2 is 1.52 bits per heavy atom. The second kappa shape index (κ2) is 6.74. The van der Waals surface area contributed by atoms with Gasteiger partial charge in [-0.2, -0.15) is 0 Å². The van der Waals surface area contributed by atoms with Gasteiger partial charge in [0.15, 0.2) is 0 Å². The number of nitrogens with two attached hydrogens (primary N) is 1. The molecule has 0 aliphatic carbocycles. The van der Waals surface area contributed by atoms with Gasteiger partial charge >= 0.3 is 0 Å². The fourth-order valence-corrected chi connectivity index (χ4v) is 3.11. The SMILES string of the molecule is CCCc1ccc(S(=O)(=O)Nc2ccc(CN)cc2)cc1. The van der Waals surface area contributed by atoms with E-state index in [0.29, 0.717) is 12.2 Å². The first-order valence-electron chi connectivity index (χ1n) is 6.96. The van der Waals surface area contributed by atoms with E-state index in [1.54, 1.807) is 24.3 Å². The summed E-state index contributed by atoms with van der Waals surface area (Å²) in [5.41, 5.74) is 8.15. The summed E-state index contributed by atoms with van der Waals surface area (Å²) in [5.74, 6) is 0. The van der Waals surface area contributed by atoms with Crippen LogP contribution in [-0.2, 0) is 23.0 Å². The molecule has 2 rings (SSSR count). The standard InChI is InChI=1S/C16H20N2O2S/c1-2-3-13-6-10-16(11-7-13)21(19,20)18-15-8-4-14(12-17)5-9-15/h4-11,18H,2-3,12,17H2,1H3. The topological polar surface area (TPSA) is 72.2 Å². The summed E-state index contributed by atoms with van der Waals surface area (Å²) in [6, 6.07) is 14.0. The maximum absolute atomic E-state index is 12.3. The fourth-order valence-electron chi connectivity index (χ4n) is 2.05. The lowest BCUT2D eigenvalue weighted by Crippen LogP contribution is -2.13. The van der Waals surface area contributed by atoms with E-state index in [-0.39, 0.29) is 4.90 Å². The number of rotatable bonds is 6. The van der Waals surface area contributed by atoms with Crippen LogP contribution in [0, 0.1) is 0 Å². The van der Waals surface area contributed by atoms with Gasteiger partial charge in [-0.15, -0.1) is 0 Å². The first-order valence-corrected chi connectivity index (χ1v) is 8.44. The molecule has 0 saturated carbocycles. The molecule has 0 aromatic heterocycles. The van der Waals surface area contributed by atoms with Crippen molar-refractivity contribution < 1.29 is 8.42 Å². The van der Waals surface area contributed by atoms with Crippen LogP contribution in [-0.4, -0.2) is 8.42 Å². The second-order valence-corrected chi connectivity index (χ2v) is 6.58. The summed E-state index contributed by atoms with van der Waals surface area (Å²) in [6.45, 7) is 2.53. The average Bonchev–Trinajstić information content (AvgIpc) is 2.48. The zero-order valence-corrected chi connectivity index (χ0v) is 12.9. The highest BCUT2D eigenvalue weighted by Crippen LogP contribution is 2.17. The number of anilines is 1. The van der Waals surface area contributed by atoms with Crippen LogP contribution < -0.4 is 10.5 Å². The molecule has 0 aliphatic rings. The van der Waals surface area contributed by atoms with Crippen molar-refractivity contribution in [1.29, 1.82) is 0 Å². The normalized spacial score (nSPS) is 11.3. The van der Waals surface area contributed by atoms with E-state index in [1.807, 2.05) is 24.3 Å². The highest BCUT2D eigenvalue weighted by Gasteiger charge is 2.13. The molecule has 112 valence electrons. The van der Waals surface area contributed by atoms with E-state index < -0.39 is 10.0 Å². The van der Waals surface area contributed by atoms with E-state index in [0.717, 1.165) is 24.0 Å². The molecule has 0 amide bonds. The molecule has 4 nitrogen and oxygen atoms in total. The number of nitrogens with one attached hydrogen (secondary N) is 1. The Balaban J connectivity index is 2.16. The van der Waals surface area contributed by atoms with Crippen LogP contribution in [0.15, 0.2) is 53.4 Å². The first kappa shape index (κ1) is 15.5. The van der Waals surface area contributed by atoms with Crippen molar-refractivity contribution in [2.24, 2.45) is 5.73 Å². The smallest absolute Gasteiger partial charge is 0.261 e. The number of aryl methyl sites for hydroxylation is 1. The van der Waals surface area contributed by atoms with E-state index in [2.05, 4.69) is 11.6 Å². The predicted molar refractivity (Wildman–Crippen MR) is 85.6 cm³/mol. The highest BCUT2D eigenvalue weighted by atomic mass is 32.2. The molecule has 0 heterocycles. The molecule has 2 aromatic carbocycles. The average molecular weight is 304 g/mol. The van der Waals surface area contributed by atoms with Crippen molar-refractivity contribution in [2.75, 3.05) is 4.72 Å². The molecule has 5 heteroatoms. The molecular weight excluding hydrogens is 284 g/mol. The maximum Gasteiger partial charge on any atom is 0.261 e. The lowest BCUT2D eigenvalue weighted by molar-refractivity contribution is 0.601. The molecular formula is C16H20N2O2S. The monoisotopic (exact) mass is 304 g/mol. The Morgan fingerprint density at radius 1 is 0.952 bits per heavy atom. The lowest BCUT2D eigenvalue weighted by Gasteiger charge is -2.09. The third-order valence-electron chi connectivity index (χ3n) is 3.21. The summed E-state index contributed by atoms with van der Waals surface area (Å²) in [7, 11) is -3.55. The zero-order chi connectivity index (χ0) is 15.3. The van der Waals surface area contributed by atoms with Crippen LogP contribution in [0.4, 0.5) is 5.69 Å². The molecule has 0 aliphatic heterocycles. The van der Waals surface area contributed by atoms with Crippen molar-refractivity contribution in [1.82, 2.24) is 0 Å². The predicted octanol–water partition coefficient (Wildman–Crippen LogP) is 2.90. The van der Waals surface area contributed by atoms with Gasteiger partial charge in [-0.1, -0.05) is 37.6 Å². The summed E-state index contributed by atoms with van der Waals surface area (Å²) < 4.78 is 27.1. The van der Waals surface area contributed by atoms with E-state index in [4.69, 9.17) is 5.73 Å². The second-order valence-electron chi connectivity index (χ2n) is 4.90. The van der Waals surface area contributed by atoms with E-state index >= 15 is 0 Å². The van der Waals surface area contributed by atoms with Crippen molar-refractivity contribution in [3.8, 4) is 0 Å². The Kier molecular flexibility index (Phi) is 4.98. The van der Waals surface area contributed by atoms with Crippen molar-refractivity contribution >= 4 is 15.7 Å². The molecule has 3 N–H and O–H groups in total. The van der Waals surface area contributed by atoms with Gasteiger partial charge in [-0.25, -0.2) is 8.42 Å². The molecule has 0 fully saturated rings. The summed E-state index contributed by atoms with van der Waals surface area (Å²) in [5, 5.41) is 0. The van der Waals surface area contributed by atoms with Gasteiger partial charge in [0.25, 0.3) is 10.0 Å². The summed E-state index contributed by atoms with van der Waals surface area (Å²) in [6.07, 6.45) is 1.99. The lowest BCUT2D eigenvalue weighted by atomic mass is 10.1. The minimum atomic E-state index is -3.55. The van der Waals surface area contributed by atoms with Gasteiger partial charge in [0.05, 0.1) is 4.90 Å². The fraction of sp³-hybridized carbons (Fsp3) is 0.250. The number of hydrogen-bond acceptors (Lipinski definition) is 3. The Hall–Kier alpha value is -1.85. The molecule has 2 aromatic rings. The van der Waals surface area contributed by atoms with Crippen molar-refractivity contribution in [2.45, 2.75) is 31.2 Å². The van der Waals surface area contributed by atoms with Gasteiger partial charge in [-0.3, -0.25) is 4.72 Å². The minimum absolute atomic E-state index is 0.269. The van der Waals surface area contributed by atoms with Gasteiger partial charge in [0.1, 0.15) is 0 Å². The molecule has 0 unspecified atom stereocenters. The summed E-state index contributed by atoms with van der Waals surface area (Å²) >= 11 is 0. The van der Waals surface area contributed by atoms with Gasteiger partial charge in [-0.05, 0) is 41.8 Å². The molecule has 21 heavy (non-hydrogen) atoms. The zero-order valence-electron chi connectivity index (χ0n) is 12.0. The maximum atomic E-state index is 12.3. The van der Waals surface area contributed by atoms with Crippen molar-refractivity contribution in [3.63, 3.8) is 0 Å². The van der Waals surface area contributed by atoms with Crippen LogP contribution >= 0.6 is 0 Å². The van der Waals surface area contributed by atoms with Crippen LogP contribution in [0.3, 0.4) is 0 Å². The van der Waals surface area contributed by atoms with Crippen LogP contribution in [0.2, 0.25) is 0 Å². The highest BCUT2D eigenvalue weighted by molar-refractivity contribution is 7.92. The molecule has 0 bridgehead atoms. The third kappa shape index (κ3) is 4.06. The Bertz CT molecular complexity index is 677. The van der Waals surface area contributed by atoms with E-state index in [1.165, 1.54) is 0 Å². The molecule has 0 radical (unpaired) electrons. The van der Waals surface area contributed by atoms with E-state index in [9.17, 15) is 8.42 Å². The molecule has 0 atom stereocenters. The van der Waals surface area contributed by atoms with Gasteiger partial charge in [0.2, 0.25) is 0 Å². The largest absolute Gasteiger partial charge is 0.326 e. The first-order chi connectivity index (χ1) is 10.0. The van der Waals surface area contributed by atoms with Gasteiger partial charge in [0, 0.05) is 12.2 Å². The Morgan fingerprint density at radius 3 is 2.05 bits per heavy atom. The number of sulfonamides is 1. The van der Waals surface area contributed by atoms with Crippen LogP contribution in [0.25, 0.3) is 0 Å². The molecule has 0 saturated heterocycles. The third-order valence-corrected chi connectivity index (χ3v) is 4.61. The quantitative estimate of drug-likeness (QED) is 0.862. The van der Waals surface area contributed by atoms with Crippen molar-refractivity contribution in [3.05, 3.63) is 59.7 Å². The molecule has 0 spiro atoms. The van der Waals surface area contributed by atoms with Crippen LogP contribution in [0.1, 0.15) is 24.5 Å². The van der Waals surface area contributed by atoms with Crippen LogP contribution in [0.5, 0.6) is 0 Å². The minimum Gasteiger partial charge on any atom is -0.326 e. The number of benzene rings is 2. The Labute approximate surface area is 126 Å².